The first-order valence-corrected chi connectivity index (χ1v) is 8.22. The van der Waals surface area contributed by atoms with Crippen molar-refractivity contribution >= 4 is 0 Å². The van der Waals surface area contributed by atoms with E-state index < -0.39 is 0 Å². The molecule has 2 N–H and O–H groups in total. The zero-order chi connectivity index (χ0) is 13.0. The van der Waals surface area contributed by atoms with E-state index in [0.29, 0.717) is 5.54 Å². The average molecular weight is 252 g/mol. The highest BCUT2D eigenvalue weighted by atomic mass is 15.3. The molecule has 0 saturated heterocycles. The first-order chi connectivity index (χ1) is 8.75. The summed E-state index contributed by atoms with van der Waals surface area (Å²) in [4.78, 5) is 2.81. The van der Waals surface area contributed by atoms with Crippen molar-refractivity contribution in [2.45, 2.75) is 83.2 Å². The van der Waals surface area contributed by atoms with Crippen molar-refractivity contribution in [3.05, 3.63) is 0 Å². The average Bonchev–Trinajstić information content (AvgIpc) is 3.22. The Labute approximate surface area is 113 Å². The largest absolute Gasteiger partial charge is 0.329 e. The van der Waals surface area contributed by atoms with E-state index in [4.69, 9.17) is 5.73 Å². The molecule has 2 fully saturated rings. The topological polar surface area (TPSA) is 29.3 Å². The molecule has 0 radical (unpaired) electrons. The lowest BCUT2D eigenvalue weighted by Crippen LogP contribution is -2.55. The van der Waals surface area contributed by atoms with E-state index in [0.717, 1.165) is 18.5 Å². The number of nitrogens with two attached hydrogens (primary N) is 1. The van der Waals surface area contributed by atoms with Gasteiger partial charge in [-0.2, -0.15) is 0 Å². The zero-order valence-electron chi connectivity index (χ0n) is 12.5. The Hall–Kier alpha value is -0.0800. The minimum Gasteiger partial charge on any atom is -0.329 e. The first-order valence-electron chi connectivity index (χ1n) is 8.22. The van der Waals surface area contributed by atoms with E-state index in [1.807, 2.05) is 0 Å². The monoisotopic (exact) mass is 252 g/mol. The standard InChI is InChI=1S/C16H32N2/c1-3-12-18(15-7-8-15)16(13-17)10-5-6-14(4-2)9-11-16/h14-15H,3-13,17H2,1-2H3. The summed E-state index contributed by atoms with van der Waals surface area (Å²) in [5, 5.41) is 0. The minimum atomic E-state index is 0.348. The van der Waals surface area contributed by atoms with Crippen LogP contribution in [0.2, 0.25) is 0 Å². The molecule has 2 unspecified atom stereocenters. The maximum atomic E-state index is 6.25. The lowest BCUT2D eigenvalue weighted by Gasteiger charge is -2.44. The molecule has 18 heavy (non-hydrogen) atoms. The molecule has 2 nitrogen and oxygen atoms in total. The highest BCUT2D eigenvalue weighted by Crippen LogP contribution is 2.41. The molecular weight excluding hydrogens is 220 g/mol. The van der Waals surface area contributed by atoms with Gasteiger partial charge in [-0.1, -0.05) is 33.1 Å². The summed E-state index contributed by atoms with van der Waals surface area (Å²) < 4.78 is 0. The second-order valence-corrected chi connectivity index (χ2v) is 6.56. The molecule has 106 valence electrons. The van der Waals surface area contributed by atoms with Crippen molar-refractivity contribution in [1.82, 2.24) is 4.90 Å². The van der Waals surface area contributed by atoms with Crippen LogP contribution in [-0.2, 0) is 0 Å². The van der Waals surface area contributed by atoms with Crippen LogP contribution in [0.25, 0.3) is 0 Å². The van der Waals surface area contributed by atoms with E-state index in [1.54, 1.807) is 0 Å². The van der Waals surface area contributed by atoms with Gasteiger partial charge in [0.25, 0.3) is 0 Å². The van der Waals surface area contributed by atoms with Crippen LogP contribution < -0.4 is 5.73 Å². The molecule has 0 aliphatic heterocycles. The van der Waals surface area contributed by atoms with Crippen LogP contribution in [0.15, 0.2) is 0 Å². The fourth-order valence-electron chi connectivity index (χ4n) is 3.91. The summed E-state index contributed by atoms with van der Waals surface area (Å²) in [5.74, 6) is 0.959. The second kappa shape index (κ2) is 6.38. The molecule has 2 atom stereocenters. The summed E-state index contributed by atoms with van der Waals surface area (Å²) in [6.45, 7) is 6.80. The Balaban J connectivity index is 2.07. The van der Waals surface area contributed by atoms with Crippen LogP contribution in [0, 0.1) is 5.92 Å². The third-order valence-electron chi connectivity index (χ3n) is 5.29. The maximum absolute atomic E-state index is 6.25. The van der Waals surface area contributed by atoms with Crippen LogP contribution in [0.3, 0.4) is 0 Å². The molecule has 2 aliphatic carbocycles. The van der Waals surface area contributed by atoms with Crippen molar-refractivity contribution in [3.8, 4) is 0 Å². The summed E-state index contributed by atoms with van der Waals surface area (Å²) >= 11 is 0. The van der Waals surface area contributed by atoms with Crippen LogP contribution in [0.1, 0.15) is 71.6 Å². The van der Waals surface area contributed by atoms with Crippen molar-refractivity contribution in [1.29, 1.82) is 0 Å². The van der Waals surface area contributed by atoms with E-state index in [2.05, 4.69) is 18.7 Å². The van der Waals surface area contributed by atoms with E-state index in [9.17, 15) is 0 Å². The van der Waals surface area contributed by atoms with Crippen LogP contribution in [0.5, 0.6) is 0 Å². The summed E-state index contributed by atoms with van der Waals surface area (Å²) in [6.07, 6.45) is 12.4. The molecule has 0 aromatic heterocycles. The third-order valence-corrected chi connectivity index (χ3v) is 5.29. The van der Waals surface area contributed by atoms with Crippen molar-refractivity contribution in [3.63, 3.8) is 0 Å². The molecule has 2 rings (SSSR count). The quantitative estimate of drug-likeness (QED) is 0.733. The van der Waals surface area contributed by atoms with E-state index in [1.165, 1.54) is 64.3 Å². The molecular formula is C16H32N2. The predicted octanol–water partition coefficient (Wildman–Crippen LogP) is 3.55. The lowest BCUT2D eigenvalue weighted by atomic mass is 9.87. The molecule has 0 aromatic rings. The van der Waals surface area contributed by atoms with Gasteiger partial charge in [0.05, 0.1) is 0 Å². The van der Waals surface area contributed by atoms with Gasteiger partial charge in [-0.25, -0.2) is 0 Å². The van der Waals surface area contributed by atoms with E-state index >= 15 is 0 Å². The van der Waals surface area contributed by atoms with Crippen LogP contribution >= 0.6 is 0 Å². The lowest BCUT2D eigenvalue weighted by molar-refractivity contribution is 0.0681. The van der Waals surface area contributed by atoms with Crippen molar-refractivity contribution in [2.75, 3.05) is 13.1 Å². The molecule has 0 aromatic carbocycles. The Kier molecular flexibility index (Phi) is 5.08. The summed E-state index contributed by atoms with van der Waals surface area (Å²) in [6, 6.07) is 0.867. The highest BCUT2D eigenvalue weighted by Gasteiger charge is 2.43. The summed E-state index contributed by atoms with van der Waals surface area (Å²) in [7, 11) is 0. The number of rotatable bonds is 6. The SMILES string of the molecule is CCCN(C1CC1)C1(CN)CCCC(CC)CC1. The third kappa shape index (κ3) is 3.08. The highest BCUT2D eigenvalue weighted by molar-refractivity contribution is 5.00. The van der Waals surface area contributed by atoms with Gasteiger partial charge < -0.3 is 5.73 Å². The molecule has 0 heterocycles. The fourth-order valence-corrected chi connectivity index (χ4v) is 3.91. The number of hydrogen-bond donors (Lipinski definition) is 1. The Morgan fingerprint density at radius 1 is 1.11 bits per heavy atom. The van der Waals surface area contributed by atoms with Gasteiger partial charge in [0.1, 0.15) is 0 Å². The maximum Gasteiger partial charge on any atom is 0.0334 e. The molecule has 2 saturated carbocycles. The van der Waals surface area contributed by atoms with Gasteiger partial charge in [0.2, 0.25) is 0 Å². The zero-order valence-corrected chi connectivity index (χ0v) is 12.5. The summed E-state index contributed by atoms with van der Waals surface area (Å²) in [5.41, 5.74) is 6.60. The van der Waals surface area contributed by atoms with Crippen LogP contribution in [-0.4, -0.2) is 29.6 Å². The Morgan fingerprint density at radius 3 is 2.44 bits per heavy atom. The van der Waals surface area contributed by atoms with Gasteiger partial charge in [-0.05, 0) is 51.0 Å². The molecule has 0 spiro atoms. The first kappa shape index (κ1) is 14.3. The van der Waals surface area contributed by atoms with Gasteiger partial charge >= 0.3 is 0 Å². The van der Waals surface area contributed by atoms with E-state index in [-0.39, 0.29) is 0 Å². The van der Waals surface area contributed by atoms with Gasteiger partial charge in [0.15, 0.2) is 0 Å². The van der Waals surface area contributed by atoms with Gasteiger partial charge in [0, 0.05) is 18.1 Å². The Bertz CT molecular complexity index is 249. The predicted molar refractivity (Wildman–Crippen MR) is 78.7 cm³/mol. The van der Waals surface area contributed by atoms with Gasteiger partial charge in [-0.15, -0.1) is 0 Å². The Morgan fingerprint density at radius 2 is 1.89 bits per heavy atom. The normalized spacial score (nSPS) is 33.7. The van der Waals surface area contributed by atoms with Gasteiger partial charge in [-0.3, -0.25) is 4.90 Å². The van der Waals surface area contributed by atoms with Crippen molar-refractivity contribution in [2.24, 2.45) is 11.7 Å². The molecule has 0 amide bonds. The smallest absolute Gasteiger partial charge is 0.0334 e. The number of nitrogens with zero attached hydrogens (tertiary/aromatic N) is 1. The molecule has 2 aliphatic rings. The molecule has 2 heteroatoms. The molecule has 0 bridgehead atoms. The fraction of sp³-hybridized carbons (Fsp3) is 1.00. The van der Waals surface area contributed by atoms with Crippen molar-refractivity contribution < 1.29 is 0 Å². The second-order valence-electron chi connectivity index (χ2n) is 6.56. The van der Waals surface area contributed by atoms with Crippen LogP contribution in [0.4, 0.5) is 0 Å². The minimum absolute atomic E-state index is 0.348. The number of hydrogen-bond acceptors (Lipinski definition) is 2.